The van der Waals surface area contributed by atoms with Crippen LogP contribution in [0.2, 0.25) is 0 Å². The normalized spacial score (nSPS) is 10.9. The van der Waals surface area contributed by atoms with Crippen molar-refractivity contribution in [3.05, 3.63) is 28.0 Å². The van der Waals surface area contributed by atoms with Crippen LogP contribution in [0.15, 0.2) is 12.4 Å². The van der Waals surface area contributed by atoms with Crippen LogP contribution in [0.5, 0.6) is 0 Å². The van der Waals surface area contributed by atoms with Crippen LogP contribution in [0, 0.1) is 15.8 Å². The molecule has 68 valence electrons. The number of nitrogens with one attached hydrogen (secondary N) is 1. The topological polar surface area (TPSA) is 39.6 Å². The van der Waals surface area contributed by atoms with Gasteiger partial charge in [-0.15, -0.1) is 0 Å². The van der Waals surface area contributed by atoms with Crippen molar-refractivity contribution < 1.29 is 13.2 Å². The minimum atomic E-state index is -4.51. The molecule has 1 aromatic rings. The van der Waals surface area contributed by atoms with E-state index in [0.717, 1.165) is 12.4 Å². The van der Waals surface area contributed by atoms with Crippen LogP contribution in [0.1, 0.15) is 11.1 Å². The molecule has 0 atom stereocenters. The molecule has 0 unspecified atom stereocenters. The fourth-order valence-corrected chi connectivity index (χ4v) is 1.06. The maximum absolute atomic E-state index is 12.2. The van der Waals surface area contributed by atoms with Gasteiger partial charge in [0.1, 0.15) is 6.07 Å². The van der Waals surface area contributed by atoms with E-state index in [2.05, 4.69) is 17.2 Å². The SMILES string of the molecule is N#Cc1c[nH]cc(C(F)(F)F)c1=S. The van der Waals surface area contributed by atoms with Crippen molar-refractivity contribution >= 4 is 12.2 Å². The predicted octanol–water partition coefficient (Wildman–Crippen LogP) is 2.63. The second kappa shape index (κ2) is 3.18. The summed E-state index contributed by atoms with van der Waals surface area (Å²) in [6.07, 6.45) is -2.64. The van der Waals surface area contributed by atoms with Gasteiger partial charge in [0.15, 0.2) is 0 Å². The van der Waals surface area contributed by atoms with Gasteiger partial charge in [-0.05, 0) is 0 Å². The Labute approximate surface area is 76.6 Å². The maximum atomic E-state index is 12.2. The van der Waals surface area contributed by atoms with Crippen LogP contribution in [0.4, 0.5) is 13.2 Å². The molecule has 0 saturated carbocycles. The van der Waals surface area contributed by atoms with Gasteiger partial charge in [-0.25, -0.2) is 0 Å². The lowest BCUT2D eigenvalue weighted by molar-refractivity contribution is -0.138. The fraction of sp³-hybridized carbons (Fsp3) is 0.143. The highest BCUT2D eigenvalue weighted by molar-refractivity contribution is 7.71. The van der Waals surface area contributed by atoms with E-state index in [1.165, 1.54) is 0 Å². The Hall–Kier alpha value is -1.35. The molecule has 0 aliphatic rings. The van der Waals surface area contributed by atoms with Gasteiger partial charge >= 0.3 is 6.18 Å². The number of aromatic nitrogens is 1. The average molecular weight is 204 g/mol. The molecular formula is C7H3F3N2S. The summed E-state index contributed by atoms with van der Waals surface area (Å²) in [5.41, 5.74) is -1.16. The van der Waals surface area contributed by atoms with E-state index in [1.54, 1.807) is 6.07 Å². The summed E-state index contributed by atoms with van der Waals surface area (Å²) in [5, 5.41) is 8.40. The summed E-state index contributed by atoms with van der Waals surface area (Å²) in [7, 11) is 0. The zero-order chi connectivity index (χ0) is 10.1. The molecule has 0 aliphatic heterocycles. The molecule has 1 N–H and O–H groups in total. The lowest BCUT2D eigenvalue weighted by Gasteiger charge is -2.05. The molecule has 13 heavy (non-hydrogen) atoms. The molecular weight excluding hydrogens is 201 g/mol. The number of alkyl halides is 3. The molecule has 1 aromatic heterocycles. The second-order valence-corrected chi connectivity index (χ2v) is 2.63. The summed E-state index contributed by atoms with van der Waals surface area (Å²) in [5.74, 6) is 0. The Bertz CT molecular complexity index is 413. The number of H-pyrrole nitrogens is 1. The molecule has 1 rings (SSSR count). The highest BCUT2D eigenvalue weighted by Crippen LogP contribution is 2.30. The van der Waals surface area contributed by atoms with Gasteiger partial charge in [0.2, 0.25) is 0 Å². The minimum Gasteiger partial charge on any atom is -0.366 e. The number of hydrogen-bond acceptors (Lipinski definition) is 2. The van der Waals surface area contributed by atoms with Gasteiger partial charge in [0, 0.05) is 12.4 Å². The highest BCUT2D eigenvalue weighted by atomic mass is 32.1. The first-order valence-electron chi connectivity index (χ1n) is 3.15. The van der Waals surface area contributed by atoms with Crippen LogP contribution in [0.25, 0.3) is 0 Å². The third kappa shape index (κ3) is 1.87. The van der Waals surface area contributed by atoms with Gasteiger partial charge in [0.25, 0.3) is 0 Å². The smallest absolute Gasteiger partial charge is 0.366 e. The Morgan fingerprint density at radius 3 is 2.46 bits per heavy atom. The summed E-state index contributed by atoms with van der Waals surface area (Å²) >= 11 is 4.48. The van der Waals surface area contributed by atoms with Gasteiger partial charge in [-0.1, -0.05) is 12.2 Å². The number of nitrogens with zero attached hydrogens (tertiary/aromatic N) is 1. The van der Waals surface area contributed by atoms with E-state index in [0.29, 0.717) is 0 Å². The Balaban J connectivity index is 3.44. The van der Waals surface area contributed by atoms with Gasteiger partial charge < -0.3 is 4.98 Å². The van der Waals surface area contributed by atoms with E-state index >= 15 is 0 Å². The summed E-state index contributed by atoms with van der Waals surface area (Å²) < 4.78 is 36.0. The fourth-order valence-electron chi connectivity index (χ4n) is 0.778. The molecule has 1 heterocycles. The molecule has 0 spiro atoms. The maximum Gasteiger partial charge on any atom is 0.419 e. The van der Waals surface area contributed by atoms with E-state index in [-0.39, 0.29) is 5.56 Å². The van der Waals surface area contributed by atoms with Gasteiger partial charge in [0.05, 0.1) is 15.6 Å². The standard InChI is InChI=1S/C7H3F3N2S/c8-7(9,10)5-3-12-2-4(1-11)6(5)13/h2-3H,(H,12,13). The first-order chi connectivity index (χ1) is 5.96. The summed E-state index contributed by atoms with van der Waals surface area (Å²) in [6.45, 7) is 0. The average Bonchev–Trinajstić information content (AvgIpc) is 2.02. The minimum absolute atomic E-state index is 0.176. The Morgan fingerprint density at radius 1 is 1.38 bits per heavy atom. The van der Waals surface area contributed by atoms with E-state index in [1.807, 2.05) is 0 Å². The third-order valence-corrected chi connectivity index (χ3v) is 1.81. The molecule has 0 aliphatic carbocycles. The number of halogens is 3. The van der Waals surface area contributed by atoms with Crippen LogP contribution in [-0.4, -0.2) is 4.98 Å². The summed E-state index contributed by atoms with van der Waals surface area (Å²) in [4.78, 5) is 2.22. The molecule has 6 heteroatoms. The zero-order valence-corrected chi connectivity index (χ0v) is 6.96. The second-order valence-electron chi connectivity index (χ2n) is 2.22. The monoisotopic (exact) mass is 204 g/mol. The lowest BCUT2D eigenvalue weighted by atomic mass is 10.2. The van der Waals surface area contributed by atoms with Gasteiger partial charge in [-0.2, -0.15) is 18.4 Å². The quantitative estimate of drug-likeness (QED) is 0.660. The van der Waals surface area contributed by atoms with Gasteiger partial charge in [-0.3, -0.25) is 0 Å². The largest absolute Gasteiger partial charge is 0.419 e. The van der Waals surface area contributed by atoms with Crippen LogP contribution >= 0.6 is 12.2 Å². The Morgan fingerprint density at radius 2 is 2.00 bits per heavy atom. The molecule has 0 bridgehead atoms. The van der Waals surface area contributed by atoms with E-state index in [4.69, 9.17) is 5.26 Å². The highest BCUT2D eigenvalue weighted by Gasteiger charge is 2.32. The molecule has 0 saturated heterocycles. The van der Waals surface area contributed by atoms with Crippen molar-refractivity contribution in [2.45, 2.75) is 6.18 Å². The number of hydrogen-bond donors (Lipinski definition) is 1. The van der Waals surface area contributed by atoms with E-state index in [9.17, 15) is 13.2 Å². The molecule has 0 amide bonds. The molecule has 0 aromatic carbocycles. The predicted molar refractivity (Wildman–Crippen MR) is 41.3 cm³/mol. The van der Waals surface area contributed by atoms with Crippen LogP contribution in [-0.2, 0) is 6.18 Å². The van der Waals surface area contributed by atoms with Crippen LogP contribution in [0.3, 0.4) is 0 Å². The lowest BCUT2D eigenvalue weighted by Crippen LogP contribution is -2.07. The first kappa shape index (κ1) is 9.74. The van der Waals surface area contributed by atoms with Crippen molar-refractivity contribution in [1.82, 2.24) is 4.98 Å². The van der Waals surface area contributed by atoms with E-state index < -0.39 is 16.2 Å². The number of rotatable bonds is 0. The molecule has 0 radical (unpaired) electrons. The number of nitriles is 1. The van der Waals surface area contributed by atoms with Crippen molar-refractivity contribution in [3.8, 4) is 6.07 Å². The molecule has 2 nitrogen and oxygen atoms in total. The van der Waals surface area contributed by atoms with Crippen molar-refractivity contribution in [3.63, 3.8) is 0 Å². The van der Waals surface area contributed by atoms with Crippen molar-refractivity contribution in [2.75, 3.05) is 0 Å². The third-order valence-electron chi connectivity index (χ3n) is 1.37. The van der Waals surface area contributed by atoms with Crippen molar-refractivity contribution in [1.29, 1.82) is 5.26 Å². The summed E-state index contributed by atoms with van der Waals surface area (Å²) in [6, 6.07) is 1.57. The first-order valence-corrected chi connectivity index (χ1v) is 3.56. The zero-order valence-electron chi connectivity index (χ0n) is 6.14. The molecule has 0 fully saturated rings. The number of aromatic amines is 1. The number of pyridine rings is 1. The van der Waals surface area contributed by atoms with Crippen molar-refractivity contribution in [2.24, 2.45) is 0 Å². The van der Waals surface area contributed by atoms with Crippen LogP contribution < -0.4 is 0 Å². The Kier molecular flexibility index (Phi) is 2.38.